The van der Waals surface area contributed by atoms with Crippen molar-refractivity contribution < 1.29 is 5.11 Å². The smallest absolute Gasteiger partial charge is 0.109 e. The second kappa shape index (κ2) is 6.86. The summed E-state index contributed by atoms with van der Waals surface area (Å²) in [5, 5.41) is 12.8. The summed E-state index contributed by atoms with van der Waals surface area (Å²) in [4.78, 5) is 4.68. The first-order valence-corrected chi connectivity index (χ1v) is 7.46. The average molecular weight is 275 g/mol. The SMILES string of the molecule is CCc1nc2ccccc2n1CCC(CO)NC(C)C. The normalized spacial score (nSPS) is 13.2. The van der Waals surface area contributed by atoms with Gasteiger partial charge in [0.15, 0.2) is 0 Å². The van der Waals surface area contributed by atoms with Gasteiger partial charge in [-0.05, 0) is 18.6 Å². The minimum atomic E-state index is 0.140. The lowest BCUT2D eigenvalue weighted by molar-refractivity contribution is 0.224. The van der Waals surface area contributed by atoms with Gasteiger partial charge >= 0.3 is 0 Å². The molecule has 0 radical (unpaired) electrons. The zero-order valence-corrected chi connectivity index (χ0v) is 12.6. The summed E-state index contributed by atoms with van der Waals surface area (Å²) in [6.07, 6.45) is 1.83. The van der Waals surface area contributed by atoms with Gasteiger partial charge in [-0.25, -0.2) is 4.98 Å². The fourth-order valence-electron chi connectivity index (χ4n) is 2.63. The number of rotatable bonds is 7. The molecular formula is C16H25N3O. The summed E-state index contributed by atoms with van der Waals surface area (Å²) in [5.41, 5.74) is 2.24. The second-order valence-electron chi connectivity index (χ2n) is 5.51. The lowest BCUT2D eigenvalue weighted by Gasteiger charge is -2.20. The zero-order chi connectivity index (χ0) is 14.5. The standard InChI is InChI=1S/C16H25N3O/c1-4-16-18-14-7-5-6-8-15(14)19(16)10-9-13(11-20)17-12(2)3/h5-8,12-13,17,20H,4,9-11H2,1-3H3. The van der Waals surface area contributed by atoms with Gasteiger partial charge in [-0.15, -0.1) is 0 Å². The Morgan fingerprint density at radius 1 is 1.30 bits per heavy atom. The van der Waals surface area contributed by atoms with Crippen molar-refractivity contribution in [1.82, 2.24) is 14.9 Å². The minimum Gasteiger partial charge on any atom is -0.395 e. The quantitative estimate of drug-likeness (QED) is 0.815. The molecule has 0 spiro atoms. The van der Waals surface area contributed by atoms with Crippen molar-refractivity contribution >= 4 is 11.0 Å². The number of hydrogen-bond donors (Lipinski definition) is 2. The number of nitrogens with zero attached hydrogens (tertiary/aromatic N) is 2. The molecule has 2 rings (SSSR count). The summed E-state index contributed by atoms with van der Waals surface area (Å²) < 4.78 is 2.28. The van der Waals surface area contributed by atoms with E-state index in [2.05, 4.69) is 53.8 Å². The van der Waals surface area contributed by atoms with Crippen molar-refractivity contribution in [2.75, 3.05) is 6.61 Å². The number of aromatic nitrogens is 2. The maximum absolute atomic E-state index is 9.46. The Hall–Kier alpha value is -1.39. The molecule has 0 saturated heterocycles. The molecule has 2 N–H and O–H groups in total. The van der Waals surface area contributed by atoms with Crippen LogP contribution >= 0.6 is 0 Å². The van der Waals surface area contributed by atoms with Crippen LogP contribution in [0.3, 0.4) is 0 Å². The van der Waals surface area contributed by atoms with Crippen LogP contribution in [0.15, 0.2) is 24.3 Å². The number of aliphatic hydroxyl groups excluding tert-OH is 1. The monoisotopic (exact) mass is 275 g/mol. The second-order valence-corrected chi connectivity index (χ2v) is 5.51. The van der Waals surface area contributed by atoms with E-state index in [0.717, 1.165) is 30.7 Å². The zero-order valence-electron chi connectivity index (χ0n) is 12.6. The van der Waals surface area contributed by atoms with Crippen molar-refractivity contribution in [3.05, 3.63) is 30.1 Å². The van der Waals surface area contributed by atoms with Crippen LogP contribution in [0.1, 0.15) is 33.0 Å². The summed E-state index contributed by atoms with van der Waals surface area (Å²) in [7, 11) is 0. The Bertz CT molecular complexity index is 548. The molecule has 1 unspecified atom stereocenters. The first-order valence-electron chi connectivity index (χ1n) is 7.46. The molecule has 4 nitrogen and oxygen atoms in total. The van der Waals surface area contributed by atoms with E-state index in [4.69, 9.17) is 0 Å². The Morgan fingerprint density at radius 3 is 2.70 bits per heavy atom. The largest absolute Gasteiger partial charge is 0.395 e. The summed E-state index contributed by atoms with van der Waals surface area (Å²) in [6, 6.07) is 8.77. The molecule has 0 aliphatic rings. The van der Waals surface area contributed by atoms with Crippen molar-refractivity contribution in [2.45, 2.75) is 52.2 Å². The topological polar surface area (TPSA) is 50.1 Å². The van der Waals surface area contributed by atoms with Crippen molar-refractivity contribution in [2.24, 2.45) is 0 Å². The van der Waals surface area contributed by atoms with Gasteiger partial charge in [0, 0.05) is 25.0 Å². The highest BCUT2D eigenvalue weighted by Crippen LogP contribution is 2.17. The van der Waals surface area contributed by atoms with E-state index < -0.39 is 0 Å². The van der Waals surface area contributed by atoms with Gasteiger partial charge in [-0.1, -0.05) is 32.9 Å². The van der Waals surface area contributed by atoms with E-state index >= 15 is 0 Å². The van der Waals surface area contributed by atoms with Crippen LogP contribution in [-0.2, 0) is 13.0 Å². The predicted octanol–water partition coefficient (Wildman–Crippen LogP) is 2.35. The molecule has 1 atom stereocenters. The number of hydrogen-bond acceptors (Lipinski definition) is 3. The number of para-hydroxylation sites is 2. The highest BCUT2D eigenvalue weighted by Gasteiger charge is 2.12. The van der Waals surface area contributed by atoms with Crippen LogP contribution in [0.25, 0.3) is 11.0 Å². The molecule has 0 saturated carbocycles. The van der Waals surface area contributed by atoms with E-state index in [1.54, 1.807) is 0 Å². The molecule has 0 amide bonds. The lowest BCUT2D eigenvalue weighted by Crippen LogP contribution is -2.38. The lowest BCUT2D eigenvalue weighted by atomic mass is 10.2. The predicted molar refractivity (Wildman–Crippen MR) is 82.9 cm³/mol. The molecule has 0 aliphatic heterocycles. The number of benzene rings is 1. The molecule has 0 bridgehead atoms. The van der Waals surface area contributed by atoms with Crippen LogP contribution in [0, 0.1) is 0 Å². The number of aryl methyl sites for hydroxylation is 2. The van der Waals surface area contributed by atoms with Gasteiger partial charge in [0.1, 0.15) is 5.82 Å². The maximum atomic E-state index is 9.46. The number of fused-ring (bicyclic) bond motifs is 1. The molecule has 1 aromatic heterocycles. The molecule has 4 heteroatoms. The molecule has 1 aromatic carbocycles. The maximum Gasteiger partial charge on any atom is 0.109 e. The highest BCUT2D eigenvalue weighted by molar-refractivity contribution is 5.75. The summed E-state index contributed by atoms with van der Waals surface area (Å²) >= 11 is 0. The van der Waals surface area contributed by atoms with Crippen LogP contribution in [0.4, 0.5) is 0 Å². The summed E-state index contributed by atoms with van der Waals surface area (Å²) in [5.74, 6) is 1.12. The van der Waals surface area contributed by atoms with Gasteiger partial charge in [0.05, 0.1) is 17.6 Å². The Balaban J connectivity index is 2.15. The van der Waals surface area contributed by atoms with E-state index in [-0.39, 0.29) is 12.6 Å². The third kappa shape index (κ3) is 3.38. The van der Waals surface area contributed by atoms with Crippen LogP contribution < -0.4 is 5.32 Å². The summed E-state index contributed by atoms with van der Waals surface area (Å²) in [6.45, 7) is 7.40. The Morgan fingerprint density at radius 2 is 2.05 bits per heavy atom. The van der Waals surface area contributed by atoms with Crippen LogP contribution in [-0.4, -0.2) is 33.3 Å². The minimum absolute atomic E-state index is 0.140. The van der Waals surface area contributed by atoms with Crippen molar-refractivity contribution in [3.63, 3.8) is 0 Å². The van der Waals surface area contributed by atoms with E-state index in [1.807, 2.05) is 6.07 Å². The Kier molecular flexibility index (Phi) is 5.15. The molecule has 1 heterocycles. The highest BCUT2D eigenvalue weighted by atomic mass is 16.3. The number of aliphatic hydroxyl groups is 1. The fourth-order valence-corrected chi connectivity index (χ4v) is 2.63. The molecule has 2 aromatic rings. The van der Waals surface area contributed by atoms with Crippen LogP contribution in [0.2, 0.25) is 0 Å². The fraction of sp³-hybridized carbons (Fsp3) is 0.562. The van der Waals surface area contributed by atoms with Gasteiger partial charge in [0.2, 0.25) is 0 Å². The molecule has 0 aliphatic carbocycles. The first kappa shape index (κ1) is 15.0. The van der Waals surface area contributed by atoms with Crippen LogP contribution in [0.5, 0.6) is 0 Å². The molecular weight excluding hydrogens is 250 g/mol. The molecule has 110 valence electrons. The average Bonchev–Trinajstić information content (AvgIpc) is 2.81. The third-order valence-corrected chi connectivity index (χ3v) is 3.54. The molecule has 0 fully saturated rings. The Labute approximate surface area is 120 Å². The molecule has 20 heavy (non-hydrogen) atoms. The van der Waals surface area contributed by atoms with E-state index in [1.165, 1.54) is 5.52 Å². The van der Waals surface area contributed by atoms with Gasteiger partial charge < -0.3 is 15.0 Å². The number of nitrogens with one attached hydrogen (secondary N) is 1. The van der Waals surface area contributed by atoms with E-state index in [0.29, 0.717) is 6.04 Å². The third-order valence-electron chi connectivity index (χ3n) is 3.54. The van der Waals surface area contributed by atoms with Crippen molar-refractivity contribution in [3.8, 4) is 0 Å². The van der Waals surface area contributed by atoms with Gasteiger partial charge in [-0.3, -0.25) is 0 Å². The first-order chi connectivity index (χ1) is 9.65. The van der Waals surface area contributed by atoms with Gasteiger partial charge in [-0.2, -0.15) is 0 Å². The van der Waals surface area contributed by atoms with Gasteiger partial charge in [0.25, 0.3) is 0 Å². The number of imidazole rings is 1. The van der Waals surface area contributed by atoms with Crippen molar-refractivity contribution in [1.29, 1.82) is 0 Å². The van der Waals surface area contributed by atoms with E-state index in [9.17, 15) is 5.11 Å².